The Bertz CT molecular complexity index is 1300. The second kappa shape index (κ2) is 25.2. The summed E-state index contributed by atoms with van der Waals surface area (Å²) < 4.78 is 0. The van der Waals surface area contributed by atoms with Crippen LogP contribution in [0.15, 0.2) is 12.2 Å². The maximum atomic E-state index is 14.4. The molecule has 0 aromatic rings. The summed E-state index contributed by atoms with van der Waals surface area (Å²) in [6.45, 7) is 20.1. The quantitative estimate of drug-likeness (QED) is 0.0478. The number of amides is 7. The van der Waals surface area contributed by atoms with Gasteiger partial charge in [0.2, 0.25) is 17.7 Å². The van der Waals surface area contributed by atoms with Gasteiger partial charge in [-0.1, -0.05) is 60.6 Å². The van der Waals surface area contributed by atoms with Gasteiger partial charge in [0.1, 0.15) is 18.1 Å². The van der Waals surface area contributed by atoms with Gasteiger partial charge in [0, 0.05) is 41.0 Å². The second-order valence-corrected chi connectivity index (χ2v) is 18.1. The van der Waals surface area contributed by atoms with Gasteiger partial charge >= 0.3 is 6.03 Å². The van der Waals surface area contributed by atoms with Crippen LogP contribution in [0.2, 0.25) is 0 Å². The topological polar surface area (TPSA) is 201 Å². The summed E-state index contributed by atoms with van der Waals surface area (Å²) in [5, 5.41) is 31.6. The molecule has 0 heterocycles. The third kappa shape index (κ3) is 19.3. The van der Waals surface area contributed by atoms with E-state index in [9.17, 15) is 39.0 Å². The predicted octanol–water partition coefficient (Wildman–Crippen LogP) is 3.09. The molecule has 0 bridgehead atoms. The zero-order chi connectivity index (χ0) is 43.6. The van der Waals surface area contributed by atoms with Crippen molar-refractivity contribution in [3.63, 3.8) is 0 Å². The average Bonchev–Trinajstić information content (AvgIpc) is 3.10. The molecular formula is C40H75N7O8S. The van der Waals surface area contributed by atoms with Crippen LogP contribution >= 0.6 is 11.8 Å². The van der Waals surface area contributed by atoms with Crippen molar-refractivity contribution in [1.29, 1.82) is 0 Å². The zero-order valence-corrected chi connectivity index (χ0v) is 37.5. The first-order valence-electron chi connectivity index (χ1n) is 19.8. The molecule has 0 unspecified atom stereocenters. The summed E-state index contributed by atoms with van der Waals surface area (Å²) in [5.74, 6) is -2.97. The number of carbonyl (C=O) groups is 6. The number of nitrogens with zero attached hydrogens (tertiary/aromatic N) is 3. The minimum absolute atomic E-state index is 0.00708. The molecule has 6 atom stereocenters. The molecule has 0 aromatic carbocycles. The fourth-order valence-corrected chi connectivity index (χ4v) is 7.02. The highest BCUT2D eigenvalue weighted by Crippen LogP contribution is 2.24. The maximum Gasteiger partial charge on any atom is 0.321 e. The smallest absolute Gasteiger partial charge is 0.321 e. The number of likely N-dealkylation sites (N-methyl/N-ethyl adjacent to an activating group) is 3. The standard InChI is InChI=1S/C40H75N7O8S/c1-15-17-20-27(5)32(49)31(46(13)30(48)23-26(3)4)34(51)43-28(16-2)35(52)47(14)37(56-22-19-18-21-42-25-39(6,7)8)36(53)45(12)29(24-40(9,10)55)33(50)44-38(54)41-11/h15,17,26-29,31-32,37,42,49,55H,16,18-25H2,1-14H3,(H,43,51)(H2,41,44,50,54)/b17-15+/t27-,28+,29+,31+,32-,37-/m1/s1. The highest BCUT2D eigenvalue weighted by molar-refractivity contribution is 8.00. The highest BCUT2D eigenvalue weighted by Gasteiger charge is 2.41. The molecule has 6 N–H and O–H groups in total. The van der Waals surface area contributed by atoms with Crippen LogP contribution in [0.25, 0.3) is 0 Å². The number of aliphatic hydroxyl groups excluding tert-OH is 1. The van der Waals surface area contributed by atoms with Crippen molar-refractivity contribution >= 4 is 47.3 Å². The van der Waals surface area contributed by atoms with E-state index in [4.69, 9.17) is 0 Å². The number of thioether (sulfide) groups is 1. The minimum atomic E-state index is -1.41. The van der Waals surface area contributed by atoms with E-state index in [1.807, 2.05) is 32.9 Å². The van der Waals surface area contributed by atoms with Gasteiger partial charge in [-0.3, -0.25) is 29.3 Å². The van der Waals surface area contributed by atoms with Crippen LogP contribution in [0.4, 0.5) is 4.79 Å². The van der Waals surface area contributed by atoms with Crippen molar-refractivity contribution in [3.05, 3.63) is 12.2 Å². The number of hydrogen-bond donors (Lipinski definition) is 6. The van der Waals surface area contributed by atoms with Crippen LogP contribution in [-0.4, -0.2) is 143 Å². The van der Waals surface area contributed by atoms with E-state index in [2.05, 4.69) is 42.0 Å². The monoisotopic (exact) mass is 814 g/mol. The Hall–Kier alpha value is -3.21. The first-order chi connectivity index (χ1) is 25.8. The van der Waals surface area contributed by atoms with Gasteiger partial charge in [-0.05, 0) is 82.5 Å². The number of urea groups is 1. The number of unbranched alkanes of at least 4 members (excludes halogenated alkanes) is 1. The lowest BCUT2D eigenvalue weighted by molar-refractivity contribution is -0.148. The summed E-state index contributed by atoms with van der Waals surface area (Å²) in [7, 11) is 5.64. The SMILES string of the molecule is C/C=C/C[C@@H](C)[C@@H](O)[C@@H](C(=O)N[C@@H](CC)C(=O)N(C)[C@H](SCCCCNCC(C)(C)C)C(=O)N(C)[C@@H](CC(C)(C)O)C(=O)NC(=O)NC)N(C)C(=O)CC(C)C. The van der Waals surface area contributed by atoms with Crippen LogP contribution in [-0.2, 0) is 24.0 Å². The molecule has 0 spiro atoms. The molecule has 0 aliphatic rings. The highest BCUT2D eigenvalue weighted by atomic mass is 32.2. The number of imide groups is 1. The first-order valence-corrected chi connectivity index (χ1v) is 20.8. The fourth-order valence-electron chi connectivity index (χ4n) is 5.79. The third-order valence-electron chi connectivity index (χ3n) is 9.20. The molecule has 0 radical (unpaired) electrons. The minimum Gasteiger partial charge on any atom is -0.390 e. The zero-order valence-electron chi connectivity index (χ0n) is 36.7. The van der Waals surface area contributed by atoms with Crippen LogP contribution < -0.4 is 21.3 Å². The number of nitrogens with one attached hydrogen (secondary N) is 4. The van der Waals surface area contributed by atoms with Gasteiger partial charge in [0.25, 0.3) is 11.8 Å². The molecule has 0 rings (SSSR count). The van der Waals surface area contributed by atoms with Crippen molar-refractivity contribution in [3.8, 4) is 0 Å². The Balaban J connectivity index is 6.65. The summed E-state index contributed by atoms with van der Waals surface area (Å²) >= 11 is 1.21. The van der Waals surface area contributed by atoms with E-state index in [1.54, 1.807) is 13.8 Å². The van der Waals surface area contributed by atoms with Crippen LogP contribution in [0.1, 0.15) is 108 Å². The van der Waals surface area contributed by atoms with Gasteiger partial charge < -0.3 is 40.9 Å². The molecule has 0 aliphatic carbocycles. The van der Waals surface area contributed by atoms with Gasteiger partial charge in [-0.25, -0.2) is 4.79 Å². The Labute approximate surface area is 340 Å². The second-order valence-electron chi connectivity index (χ2n) is 17.0. The molecule has 324 valence electrons. The van der Waals surface area contributed by atoms with E-state index >= 15 is 0 Å². The number of hydrogen-bond acceptors (Lipinski definition) is 10. The van der Waals surface area contributed by atoms with Crippen molar-refractivity contribution in [2.75, 3.05) is 47.0 Å². The average molecular weight is 814 g/mol. The van der Waals surface area contributed by atoms with Crippen LogP contribution in [0.3, 0.4) is 0 Å². The van der Waals surface area contributed by atoms with Crippen molar-refractivity contribution in [2.45, 2.75) is 143 Å². The predicted molar refractivity (Wildman–Crippen MR) is 223 cm³/mol. The number of allylic oxidation sites excluding steroid dienone is 2. The summed E-state index contributed by atoms with van der Waals surface area (Å²) in [5.41, 5.74) is -1.28. The summed E-state index contributed by atoms with van der Waals surface area (Å²) in [6.07, 6.45) is 4.52. The lowest BCUT2D eigenvalue weighted by atomic mass is 9.92. The van der Waals surface area contributed by atoms with E-state index in [-0.39, 0.29) is 36.5 Å². The number of rotatable bonds is 24. The molecule has 15 nitrogen and oxygen atoms in total. The Morgan fingerprint density at radius 2 is 1.48 bits per heavy atom. The molecule has 56 heavy (non-hydrogen) atoms. The van der Waals surface area contributed by atoms with Crippen molar-refractivity contribution in [2.24, 2.45) is 17.3 Å². The van der Waals surface area contributed by atoms with E-state index in [0.717, 1.165) is 24.4 Å². The molecule has 0 aromatic heterocycles. The van der Waals surface area contributed by atoms with E-state index < -0.39 is 70.8 Å². The van der Waals surface area contributed by atoms with Crippen LogP contribution in [0, 0.1) is 17.3 Å². The van der Waals surface area contributed by atoms with Crippen molar-refractivity contribution in [1.82, 2.24) is 36.0 Å². The lowest BCUT2D eigenvalue weighted by Gasteiger charge is -2.37. The number of aliphatic hydroxyl groups is 2. The normalized spacial score (nSPS) is 15.3. The Morgan fingerprint density at radius 1 is 0.875 bits per heavy atom. The third-order valence-corrected chi connectivity index (χ3v) is 10.6. The van der Waals surface area contributed by atoms with Crippen LogP contribution in [0.5, 0.6) is 0 Å². The Kier molecular flexibility index (Phi) is 23.8. The number of carbonyl (C=O) groups excluding carboxylic acids is 6. The molecule has 0 aliphatic heterocycles. The van der Waals surface area contributed by atoms with Gasteiger partial charge in [-0.2, -0.15) is 0 Å². The largest absolute Gasteiger partial charge is 0.390 e. The van der Waals surface area contributed by atoms with E-state index in [0.29, 0.717) is 18.6 Å². The van der Waals surface area contributed by atoms with Crippen molar-refractivity contribution < 1.29 is 39.0 Å². The van der Waals surface area contributed by atoms with Gasteiger partial charge in [-0.15, -0.1) is 11.8 Å². The Morgan fingerprint density at radius 3 is 1.98 bits per heavy atom. The van der Waals surface area contributed by atoms with Gasteiger partial charge in [0.05, 0.1) is 11.7 Å². The summed E-state index contributed by atoms with van der Waals surface area (Å²) in [4.78, 5) is 84.8. The molecule has 0 saturated heterocycles. The molecular weight excluding hydrogens is 739 g/mol. The molecule has 16 heteroatoms. The molecule has 0 fully saturated rings. The fraction of sp³-hybridized carbons (Fsp3) is 0.800. The maximum absolute atomic E-state index is 14.4. The first kappa shape index (κ1) is 52.8. The van der Waals surface area contributed by atoms with Gasteiger partial charge in [0.15, 0.2) is 5.37 Å². The summed E-state index contributed by atoms with van der Waals surface area (Å²) in [6, 6.07) is -4.49. The molecule has 0 saturated carbocycles. The lowest BCUT2D eigenvalue weighted by Crippen LogP contribution is -2.60. The van der Waals surface area contributed by atoms with E-state index in [1.165, 1.54) is 63.6 Å². The molecule has 7 amide bonds.